The van der Waals surface area contributed by atoms with Crippen molar-refractivity contribution < 1.29 is 4.74 Å². The Bertz CT molecular complexity index is 756. The Kier molecular flexibility index (Phi) is 6.53. The van der Waals surface area contributed by atoms with Gasteiger partial charge in [-0.3, -0.25) is 4.90 Å². The van der Waals surface area contributed by atoms with Gasteiger partial charge < -0.3 is 4.74 Å². The van der Waals surface area contributed by atoms with Crippen molar-refractivity contribution in [2.75, 3.05) is 26.7 Å². The molecule has 26 heavy (non-hydrogen) atoms. The third-order valence-electron chi connectivity index (χ3n) is 5.03. The maximum atomic E-state index is 8.30. The van der Waals surface area contributed by atoms with Crippen LogP contribution in [0.4, 0.5) is 0 Å². The smallest absolute Gasteiger partial charge is 0.119 e. The molecule has 0 aliphatic heterocycles. The zero-order valence-electron chi connectivity index (χ0n) is 15.3. The molecule has 5 heteroatoms. The Morgan fingerprint density at radius 3 is 2.88 bits per heavy atom. The first-order chi connectivity index (χ1) is 12.8. The van der Waals surface area contributed by atoms with Gasteiger partial charge in [0, 0.05) is 11.0 Å². The Morgan fingerprint density at radius 1 is 1.23 bits per heavy atom. The predicted molar refractivity (Wildman–Crippen MR) is 104 cm³/mol. The maximum absolute atomic E-state index is 8.30. The second-order valence-corrected chi connectivity index (χ2v) is 6.79. The molecule has 0 saturated heterocycles. The Balaban J connectivity index is 1.52. The third-order valence-corrected chi connectivity index (χ3v) is 5.03. The fourth-order valence-electron chi connectivity index (χ4n) is 3.70. The third kappa shape index (κ3) is 4.78. The number of ether oxygens (including phenoxy) is 1. The highest BCUT2D eigenvalue weighted by molar-refractivity contribution is 5.40. The minimum atomic E-state index is 0.361. The fourth-order valence-corrected chi connectivity index (χ4v) is 3.70. The standard InChI is InChI=1S/C21H26N4O/c1-25(14-5-8-17-6-3-2-4-7-17)21-12-9-18-16-19(10-11-20(18)21)26-15-13-23-24-22/h2-4,6-7,10-11,16,21H,5,8-9,12-15H2,1H3. The van der Waals surface area contributed by atoms with Crippen LogP contribution in [0, 0.1) is 0 Å². The fraction of sp³-hybridized carbons (Fsp3) is 0.429. The summed E-state index contributed by atoms with van der Waals surface area (Å²) in [5, 5.41) is 3.49. The zero-order chi connectivity index (χ0) is 18.2. The van der Waals surface area contributed by atoms with E-state index in [0.29, 0.717) is 19.2 Å². The van der Waals surface area contributed by atoms with Crippen LogP contribution in [0.1, 0.15) is 35.6 Å². The summed E-state index contributed by atoms with van der Waals surface area (Å²) in [7, 11) is 2.23. The molecule has 2 aromatic carbocycles. The lowest BCUT2D eigenvalue weighted by Gasteiger charge is -2.25. The second kappa shape index (κ2) is 9.27. The summed E-state index contributed by atoms with van der Waals surface area (Å²) < 4.78 is 5.66. The Morgan fingerprint density at radius 2 is 2.08 bits per heavy atom. The van der Waals surface area contributed by atoms with Crippen LogP contribution in [0.3, 0.4) is 0 Å². The monoisotopic (exact) mass is 350 g/mol. The van der Waals surface area contributed by atoms with Crippen molar-refractivity contribution in [2.45, 2.75) is 31.7 Å². The normalized spacial score (nSPS) is 15.5. The van der Waals surface area contributed by atoms with Gasteiger partial charge in [-0.25, -0.2) is 0 Å². The average Bonchev–Trinajstić information content (AvgIpc) is 3.09. The highest BCUT2D eigenvalue weighted by Gasteiger charge is 2.25. The minimum absolute atomic E-state index is 0.361. The molecule has 1 atom stereocenters. The molecule has 0 heterocycles. The van der Waals surface area contributed by atoms with E-state index in [1.165, 1.54) is 29.5 Å². The van der Waals surface area contributed by atoms with E-state index in [1.54, 1.807) is 0 Å². The molecule has 0 saturated carbocycles. The summed E-state index contributed by atoms with van der Waals surface area (Å²) in [5.41, 5.74) is 12.5. The van der Waals surface area contributed by atoms with Gasteiger partial charge in [-0.2, -0.15) is 0 Å². The van der Waals surface area contributed by atoms with Crippen LogP contribution in [0.15, 0.2) is 53.6 Å². The summed E-state index contributed by atoms with van der Waals surface area (Å²) in [6, 6.07) is 17.6. The lowest BCUT2D eigenvalue weighted by molar-refractivity contribution is 0.241. The van der Waals surface area contributed by atoms with Crippen LogP contribution in [0.5, 0.6) is 5.75 Å². The van der Waals surface area contributed by atoms with Crippen LogP contribution in [0.25, 0.3) is 10.4 Å². The molecule has 2 aromatic rings. The number of aryl methyl sites for hydroxylation is 2. The first kappa shape index (κ1) is 18.3. The molecule has 0 aromatic heterocycles. The van der Waals surface area contributed by atoms with Crippen molar-refractivity contribution in [2.24, 2.45) is 5.11 Å². The number of hydrogen-bond acceptors (Lipinski definition) is 3. The maximum Gasteiger partial charge on any atom is 0.119 e. The van der Waals surface area contributed by atoms with Crippen molar-refractivity contribution in [3.8, 4) is 5.75 Å². The van der Waals surface area contributed by atoms with Crippen molar-refractivity contribution in [1.29, 1.82) is 0 Å². The second-order valence-electron chi connectivity index (χ2n) is 6.79. The first-order valence-electron chi connectivity index (χ1n) is 9.28. The van der Waals surface area contributed by atoms with Crippen molar-refractivity contribution in [3.63, 3.8) is 0 Å². The quantitative estimate of drug-likeness (QED) is 0.279. The number of rotatable bonds is 9. The van der Waals surface area contributed by atoms with Crippen molar-refractivity contribution in [1.82, 2.24) is 4.90 Å². The summed E-state index contributed by atoms with van der Waals surface area (Å²) in [5.74, 6) is 0.865. The van der Waals surface area contributed by atoms with Crippen LogP contribution in [0.2, 0.25) is 0 Å². The molecule has 1 aliphatic rings. The van der Waals surface area contributed by atoms with Gasteiger partial charge in [0.1, 0.15) is 5.75 Å². The molecule has 5 nitrogen and oxygen atoms in total. The molecule has 0 fully saturated rings. The van der Waals surface area contributed by atoms with E-state index in [4.69, 9.17) is 10.3 Å². The van der Waals surface area contributed by atoms with Crippen LogP contribution >= 0.6 is 0 Å². The molecule has 136 valence electrons. The van der Waals surface area contributed by atoms with E-state index in [2.05, 4.69) is 64.4 Å². The topological polar surface area (TPSA) is 61.2 Å². The number of benzene rings is 2. The summed E-state index contributed by atoms with van der Waals surface area (Å²) in [4.78, 5) is 5.22. The molecular weight excluding hydrogens is 324 g/mol. The summed E-state index contributed by atoms with van der Waals surface area (Å²) in [6.45, 7) is 1.88. The number of azide groups is 1. The number of hydrogen-bond donors (Lipinski definition) is 0. The summed E-state index contributed by atoms with van der Waals surface area (Å²) in [6.07, 6.45) is 4.56. The highest BCUT2D eigenvalue weighted by atomic mass is 16.5. The molecule has 3 rings (SSSR count). The Hall–Kier alpha value is -2.49. The molecule has 0 radical (unpaired) electrons. The lowest BCUT2D eigenvalue weighted by atomic mass is 10.1. The average molecular weight is 350 g/mol. The van der Waals surface area contributed by atoms with Crippen molar-refractivity contribution in [3.05, 3.63) is 75.7 Å². The zero-order valence-corrected chi connectivity index (χ0v) is 15.3. The van der Waals surface area contributed by atoms with Crippen LogP contribution in [-0.4, -0.2) is 31.6 Å². The number of fused-ring (bicyclic) bond motifs is 1. The van der Waals surface area contributed by atoms with E-state index < -0.39 is 0 Å². The molecule has 1 unspecified atom stereocenters. The van der Waals surface area contributed by atoms with Gasteiger partial charge in [-0.05, 0) is 73.6 Å². The molecule has 1 aliphatic carbocycles. The van der Waals surface area contributed by atoms with Crippen molar-refractivity contribution >= 4 is 0 Å². The van der Waals surface area contributed by atoms with Crippen LogP contribution in [-0.2, 0) is 12.8 Å². The molecule has 0 amide bonds. The van der Waals surface area contributed by atoms with Gasteiger partial charge in [0.25, 0.3) is 0 Å². The molecular formula is C21H26N4O. The molecule has 0 spiro atoms. The minimum Gasteiger partial charge on any atom is -0.493 e. The van der Waals surface area contributed by atoms with Gasteiger partial charge in [-0.15, -0.1) is 0 Å². The molecule has 0 N–H and O–H groups in total. The van der Waals surface area contributed by atoms with Crippen LogP contribution < -0.4 is 4.74 Å². The van der Waals surface area contributed by atoms with Gasteiger partial charge in [0.2, 0.25) is 0 Å². The van der Waals surface area contributed by atoms with Gasteiger partial charge in [-0.1, -0.05) is 41.5 Å². The van der Waals surface area contributed by atoms with E-state index >= 15 is 0 Å². The van der Waals surface area contributed by atoms with E-state index in [1.807, 2.05) is 6.07 Å². The van der Waals surface area contributed by atoms with E-state index in [9.17, 15) is 0 Å². The largest absolute Gasteiger partial charge is 0.493 e. The Labute approximate surface area is 155 Å². The first-order valence-corrected chi connectivity index (χ1v) is 9.28. The predicted octanol–water partition coefficient (Wildman–Crippen LogP) is 4.93. The summed E-state index contributed by atoms with van der Waals surface area (Å²) >= 11 is 0. The van der Waals surface area contributed by atoms with Gasteiger partial charge >= 0.3 is 0 Å². The SMILES string of the molecule is CN(CCCc1ccccc1)C1CCc2cc(OCCN=[N+]=[N-])ccc21. The van der Waals surface area contributed by atoms with Gasteiger partial charge in [0.15, 0.2) is 0 Å². The van der Waals surface area contributed by atoms with E-state index in [-0.39, 0.29) is 0 Å². The highest BCUT2D eigenvalue weighted by Crippen LogP contribution is 2.37. The lowest BCUT2D eigenvalue weighted by Crippen LogP contribution is -2.24. The molecule has 0 bridgehead atoms. The number of nitrogens with zero attached hydrogens (tertiary/aromatic N) is 4. The van der Waals surface area contributed by atoms with E-state index in [0.717, 1.165) is 25.1 Å². The van der Waals surface area contributed by atoms with Gasteiger partial charge in [0.05, 0.1) is 13.2 Å².